The topological polar surface area (TPSA) is 137 Å². The SMILES string of the molecule is CCC(C(N)=O)C1CC2CNC(=O)Cc3cc(ccc3N3CCNCC3)Nc3ncc(F)c(n3)NCC2C1. The van der Waals surface area contributed by atoms with Gasteiger partial charge in [-0.05, 0) is 60.8 Å². The van der Waals surface area contributed by atoms with E-state index in [0.717, 1.165) is 62.2 Å². The van der Waals surface area contributed by atoms with Crippen molar-refractivity contribution in [3.63, 3.8) is 0 Å². The normalized spacial score (nSPS) is 24.6. The van der Waals surface area contributed by atoms with E-state index in [4.69, 9.17) is 5.73 Å². The van der Waals surface area contributed by atoms with Crippen molar-refractivity contribution in [2.24, 2.45) is 29.4 Å². The highest BCUT2D eigenvalue weighted by Gasteiger charge is 2.39. The number of nitrogens with one attached hydrogen (secondary N) is 4. The molecule has 38 heavy (non-hydrogen) atoms. The van der Waals surface area contributed by atoms with Gasteiger partial charge in [0.2, 0.25) is 17.8 Å². The minimum absolute atomic E-state index is 0.0478. The number of aromatic nitrogens is 2. The highest BCUT2D eigenvalue weighted by molar-refractivity contribution is 5.82. The molecule has 1 saturated heterocycles. The summed E-state index contributed by atoms with van der Waals surface area (Å²) in [6, 6.07) is 5.90. The third-order valence-corrected chi connectivity index (χ3v) is 8.23. The molecular weight excluding hydrogens is 487 g/mol. The van der Waals surface area contributed by atoms with Crippen LogP contribution < -0.4 is 31.9 Å². The molecule has 2 aliphatic heterocycles. The molecule has 1 aromatic carbocycles. The summed E-state index contributed by atoms with van der Waals surface area (Å²) in [7, 11) is 0. The van der Waals surface area contributed by atoms with E-state index in [1.165, 1.54) is 0 Å². The monoisotopic (exact) mass is 524 g/mol. The van der Waals surface area contributed by atoms with E-state index < -0.39 is 5.82 Å². The smallest absolute Gasteiger partial charge is 0.229 e. The summed E-state index contributed by atoms with van der Waals surface area (Å²) in [5.41, 5.74) is 8.38. The Bertz CT molecular complexity index is 1170. The lowest BCUT2D eigenvalue weighted by Gasteiger charge is -2.31. The molecule has 2 aromatic rings. The van der Waals surface area contributed by atoms with Crippen molar-refractivity contribution >= 4 is 35.0 Å². The van der Waals surface area contributed by atoms with Gasteiger partial charge >= 0.3 is 0 Å². The van der Waals surface area contributed by atoms with Crippen LogP contribution in [0.5, 0.6) is 0 Å². The zero-order valence-corrected chi connectivity index (χ0v) is 21.8. The Kier molecular flexibility index (Phi) is 7.92. The molecule has 1 aliphatic carbocycles. The predicted molar refractivity (Wildman–Crippen MR) is 145 cm³/mol. The van der Waals surface area contributed by atoms with E-state index in [1.807, 2.05) is 25.1 Å². The average Bonchev–Trinajstić information content (AvgIpc) is 3.30. The number of benzene rings is 1. The molecule has 0 radical (unpaired) electrons. The van der Waals surface area contributed by atoms with Crippen LogP contribution in [0, 0.1) is 29.5 Å². The first-order valence-corrected chi connectivity index (χ1v) is 13.6. The summed E-state index contributed by atoms with van der Waals surface area (Å²) >= 11 is 0. The molecule has 0 spiro atoms. The van der Waals surface area contributed by atoms with Crippen LogP contribution in [0.15, 0.2) is 24.4 Å². The minimum Gasteiger partial charge on any atom is -0.369 e. The van der Waals surface area contributed by atoms with E-state index >= 15 is 0 Å². The molecule has 204 valence electrons. The summed E-state index contributed by atoms with van der Waals surface area (Å²) in [6.07, 6.45) is 3.64. The number of amides is 2. The van der Waals surface area contributed by atoms with Crippen LogP contribution in [0.25, 0.3) is 0 Å². The van der Waals surface area contributed by atoms with Gasteiger partial charge in [-0.1, -0.05) is 6.92 Å². The summed E-state index contributed by atoms with van der Waals surface area (Å²) < 4.78 is 14.6. The maximum Gasteiger partial charge on any atom is 0.229 e. The molecule has 11 heteroatoms. The Hall–Kier alpha value is -3.47. The Morgan fingerprint density at radius 1 is 1.18 bits per heavy atom. The van der Waals surface area contributed by atoms with Crippen molar-refractivity contribution in [1.82, 2.24) is 20.6 Å². The number of hydrogen-bond acceptors (Lipinski definition) is 8. The number of carbonyl (C=O) groups is 2. The molecule has 2 fully saturated rings. The van der Waals surface area contributed by atoms with Gasteiger partial charge in [0.15, 0.2) is 11.6 Å². The van der Waals surface area contributed by atoms with Crippen molar-refractivity contribution < 1.29 is 14.0 Å². The first-order chi connectivity index (χ1) is 18.4. The third-order valence-electron chi connectivity index (χ3n) is 8.23. The summed E-state index contributed by atoms with van der Waals surface area (Å²) in [5.74, 6) is -0.274. The van der Waals surface area contributed by atoms with E-state index in [2.05, 4.69) is 36.1 Å². The first kappa shape index (κ1) is 26.1. The second-order valence-corrected chi connectivity index (χ2v) is 10.6. The lowest BCUT2D eigenvalue weighted by atomic mass is 9.87. The van der Waals surface area contributed by atoms with E-state index in [0.29, 0.717) is 19.5 Å². The van der Waals surface area contributed by atoms with Crippen molar-refractivity contribution in [3.05, 3.63) is 35.8 Å². The second-order valence-electron chi connectivity index (χ2n) is 10.6. The number of nitrogens with zero attached hydrogens (tertiary/aromatic N) is 3. The molecule has 1 aromatic heterocycles. The number of fused-ring (bicyclic) bond motifs is 5. The first-order valence-electron chi connectivity index (χ1n) is 13.6. The van der Waals surface area contributed by atoms with Crippen LogP contribution in [0.3, 0.4) is 0 Å². The third kappa shape index (κ3) is 5.82. The Morgan fingerprint density at radius 3 is 2.63 bits per heavy atom. The van der Waals surface area contributed by atoms with Crippen LogP contribution in [-0.2, 0) is 16.0 Å². The van der Waals surface area contributed by atoms with E-state index in [9.17, 15) is 14.0 Å². The zero-order chi connectivity index (χ0) is 26.6. The fourth-order valence-electron chi connectivity index (χ4n) is 6.26. The molecular formula is C27H37FN8O2. The molecule has 4 unspecified atom stereocenters. The number of anilines is 4. The number of carbonyl (C=O) groups excluding carboxylic acids is 2. The van der Waals surface area contributed by atoms with Gasteiger partial charge in [0.05, 0.1) is 12.6 Å². The van der Waals surface area contributed by atoms with Gasteiger partial charge in [0, 0.05) is 56.6 Å². The van der Waals surface area contributed by atoms with Crippen LogP contribution in [0.4, 0.5) is 27.5 Å². The molecule has 3 aliphatic rings. The lowest BCUT2D eigenvalue weighted by Crippen LogP contribution is -2.44. The second kappa shape index (κ2) is 11.5. The van der Waals surface area contributed by atoms with Crippen LogP contribution in [0.2, 0.25) is 0 Å². The molecule has 10 nitrogen and oxygen atoms in total. The number of halogens is 1. The molecule has 6 N–H and O–H groups in total. The zero-order valence-electron chi connectivity index (χ0n) is 21.8. The summed E-state index contributed by atoms with van der Waals surface area (Å²) in [6.45, 7) is 6.45. The van der Waals surface area contributed by atoms with Crippen molar-refractivity contribution in [2.75, 3.05) is 54.8 Å². The number of hydrogen-bond donors (Lipinski definition) is 5. The summed E-state index contributed by atoms with van der Waals surface area (Å²) in [5, 5.41) is 12.9. The molecule has 3 heterocycles. The Morgan fingerprint density at radius 2 is 1.92 bits per heavy atom. The van der Waals surface area contributed by atoms with Gasteiger partial charge in [-0.25, -0.2) is 9.37 Å². The summed E-state index contributed by atoms with van der Waals surface area (Å²) in [4.78, 5) is 36.1. The van der Waals surface area contributed by atoms with Gasteiger partial charge < -0.3 is 31.9 Å². The minimum atomic E-state index is -0.530. The van der Waals surface area contributed by atoms with Crippen molar-refractivity contribution in [2.45, 2.75) is 32.6 Å². The fraction of sp³-hybridized carbons (Fsp3) is 0.556. The lowest BCUT2D eigenvalue weighted by molar-refractivity contribution is -0.123. The van der Waals surface area contributed by atoms with Crippen LogP contribution in [0.1, 0.15) is 31.7 Å². The van der Waals surface area contributed by atoms with Gasteiger partial charge in [0.1, 0.15) is 0 Å². The molecule has 4 bridgehead atoms. The highest BCUT2D eigenvalue weighted by atomic mass is 19.1. The highest BCUT2D eigenvalue weighted by Crippen LogP contribution is 2.41. The standard InChI is InChI=1S/C27H37FN8O2/c1-2-21(25(29)38)16-9-18-13-31-24(37)12-17-11-20(3-4-23(17)36-7-5-30-6-8-36)34-27-33-15-22(28)26(35-27)32-14-19(18)10-16/h3-4,11,15-16,18-19,21,30H,2,5-10,12-14H2,1H3,(H2,29,38)(H,31,37)(H2,32,33,34,35). The number of rotatable bonds is 4. The molecule has 1 saturated carbocycles. The van der Waals surface area contributed by atoms with E-state index in [-0.39, 0.29) is 53.7 Å². The van der Waals surface area contributed by atoms with Crippen LogP contribution >= 0.6 is 0 Å². The van der Waals surface area contributed by atoms with Gasteiger partial charge in [0.25, 0.3) is 0 Å². The van der Waals surface area contributed by atoms with E-state index in [1.54, 1.807) is 0 Å². The van der Waals surface area contributed by atoms with Crippen molar-refractivity contribution in [1.29, 1.82) is 0 Å². The fourth-order valence-corrected chi connectivity index (χ4v) is 6.26. The van der Waals surface area contributed by atoms with Gasteiger partial charge in [-0.3, -0.25) is 9.59 Å². The number of piperazine rings is 1. The Balaban J connectivity index is 1.45. The van der Waals surface area contributed by atoms with Crippen molar-refractivity contribution in [3.8, 4) is 0 Å². The maximum atomic E-state index is 14.6. The van der Waals surface area contributed by atoms with Crippen LogP contribution in [-0.4, -0.2) is 61.1 Å². The molecule has 2 amide bonds. The predicted octanol–water partition coefficient (Wildman–Crippen LogP) is 2.01. The average molecular weight is 525 g/mol. The molecule has 4 atom stereocenters. The quantitative estimate of drug-likeness (QED) is 0.410. The number of nitrogens with two attached hydrogens (primary N) is 1. The maximum absolute atomic E-state index is 14.6. The van der Waals surface area contributed by atoms with Gasteiger partial charge in [-0.15, -0.1) is 0 Å². The molecule has 5 rings (SSSR count). The Labute approximate surface area is 222 Å². The van der Waals surface area contributed by atoms with Gasteiger partial charge in [-0.2, -0.15) is 4.98 Å². The largest absolute Gasteiger partial charge is 0.369 e. The number of primary amides is 1.